The van der Waals surface area contributed by atoms with Crippen LogP contribution in [0.15, 0.2) is 18.2 Å². The second-order valence-corrected chi connectivity index (χ2v) is 5.00. The fourth-order valence-corrected chi connectivity index (χ4v) is 2.72. The van der Waals surface area contributed by atoms with E-state index < -0.39 is 0 Å². The van der Waals surface area contributed by atoms with Gasteiger partial charge in [0.2, 0.25) is 0 Å². The van der Waals surface area contributed by atoms with E-state index in [1.54, 1.807) is 0 Å². The zero-order valence-corrected chi connectivity index (χ0v) is 9.49. The van der Waals surface area contributed by atoms with Crippen LogP contribution >= 0.6 is 0 Å². The molecule has 0 spiro atoms. The number of benzene rings is 1. The molecule has 1 aromatic rings. The van der Waals surface area contributed by atoms with E-state index in [2.05, 4.69) is 25.1 Å². The molecule has 0 N–H and O–H groups in total. The van der Waals surface area contributed by atoms with Crippen molar-refractivity contribution < 1.29 is 4.74 Å². The number of fused-ring (bicyclic) bond motifs is 1. The predicted octanol–water partition coefficient (Wildman–Crippen LogP) is 2.96. The summed E-state index contributed by atoms with van der Waals surface area (Å²) in [4.78, 5) is 0. The van der Waals surface area contributed by atoms with Gasteiger partial charge in [-0.25, -0.2) is 0 Å². The Bertz CT molecular complexity index is 468. The van der Waals surface area contributed by atoms with Gasteiger partial charge in [0.25, 0.3) is 0 Å². The number of hydrogen-bond acceptors (Lipinski definition) is 2. The quantitative estimate of drug-likeness (QED) is 0.718. The molecule has 0 amide bonds. The van der Waals surface area contributed by atoms with Crippen LogP contribution in [0.2, 0.25) is 0 Å². The van der Waals surface area contributed by atoms with Gasteiger partial charge in [-0.15, -0.1) is 0 Å². The van der Waals surface area contributed by atoms with E-state index in [1.807, 2.05) is 6.07 Å². The first kappa shape index (κ1) is 9.72. The second kappa shape index (κ2) is 3.25. The Kier molecular flexibility index (Phi) is 1.97. The summed E-state index contributed by atoms with van der Waals surface area (Å²) in [5.74, 6) is 1.00. The van der Waals surface area contributed by atoms with Gasteiger partial charge in [0.05, 0.1) is 11.5 Å². The highest BCUT2D eigenvalue weighted by Crippen LogP contribution is 2.44. The summed E-state index contributed by atoms with van der Waals surface area (Å²) in [5, 5.41) is 9.31. The van der Waals surface area contributed by atoms with Gasteiger partial charge in [0.1, 0.15) is 11.9 Å². The normalized spacial score (nSPS) is 25.1. The van der Waals surface area contributed by atoms with E-state index in [4.69, 9.17) is 4.74 Å². The average Bonchev–Trinajstić information content (AvgIpc) is 2.56. The standard InChI is InChI=1S/C14H15NO/c1-10-7-11-8-12(3-4-13(11)16-10)14(9-15)5-2-6-14/h3-4,8,10H,2,5-7H2,1H3. The molecule has 0 radical (unpaired) electrons. The largest absolute Gasteiger partial charge is 0.490 e. The Balaban J connectivity index is 2.00. The highest BCUT2D eigenvalue weighted by Gasteiger charge is 2.39. The zero-order chi connectivity index (χ0) is 11.2. The van der Waals surface area contributed by atoms with Crippen LogP contribution in [0.4, 0.5) is 0 Å². The van der Waals surface area contributed by atoms with Crippen molar-refractivity contribution >= 4 is 0 Å². The van der Waals surface area contributed by atoms with Crippen molar-refractivity contribution in [3.05, 3.63) is 29.3 Å². The molecule has 82 valence electrons. The maximum absolute atomic E-state index is 9.31. The van der Waals surface area contributed by atoms with Crippen LogP contribution in [0.5, 0.6) is 5.75 Å². The third-order valence-electron chi connectivity index (χ3n) is 3.87. The van der Waals surface area contributed by atoms with E-state index in [-0.39, 0.29) is 11.5 Å². The Morgan fingerprint density at radius 1 is 1.44 bits per heavy atom. The molecule has 3 rings (SSSR count). The van der Waals surface area contributed by atoms with Crippen molar-refractivity contribution in [2.75, 3.05) is 0 Å². The van der Waals surface area contributed by atoms with Gasteiger partial charge in [-0.1, -0.05) is 12.1 Å². The molecule has 1 heterocycles. The van der Waals surface area contributed by atoms with Gasteiger partial charge < -0.3 is 4.74 Å². The van der Waals surface area contributed by atoms with Crippen molar-refractivity contribution in [1.82, 2.24) is 0 Å². The minimum Gasteiger partial charge on any atom is -0.490 e. The highest BCUT2D eigenvalue weighted by atomic mass is 16.5. The van der Waals surface area contributed by atoms with E-state index in [0.29, 0.717) is 0 Å². The number of nitriles is 1. The lowest BCUT2D eigenvalue weighted by Crippen LogP contribution is -2.32. The summed E-state index contributed by atoms with van der Waals surface area (Å²) in [5.41, 5.74) is 2.27. The van der Waals surface area contributed by atoms with Crippen LogP contribution in [-0.2, 0) is 11.8 Å². The molecule has 1 aliphatic heterocycles. The van der Waals surface area contributed by atoms with Crippen LogP contribution in [0.3, 0.4) is 0 Å². The fraction of sp³-hybridized carbons (Fsp3) is 0.500. The zero-order valence-electron chi connectivity index (χ0n) is 9.49. The SMILES string of the molecule is CC1Cc2cc(C3(C#N)CCC3)ccc2O1. The molecule has 1 unspecified atom stereocenters. The molecular weight excluding hydrogens is 198 g/mol. The first-order chi connectivity index (χ1) is 7.73. The Morgan fingerprint density at radius 3 is 2.88 bits per heavy atom. The van der Waals surface area contributed by atoms with Crippen LogP contribution < -0.4 is 4.74 Å². The highest BCUT2D eigenvalue weighted by molar-refractivity contribution is 5.46. The van der Waals surface area contributed by atoms with E-state index >= 15 is 0 Å². The number of nitrogens with zero attached hydrogens (tertiary/aromatic N) is 1. The fourth-order valence-electron chi connectivity index (χ4n) is 2.72. The van der Waals surface area contributed by atoms with Crippen LogP contribution in [0.1, 0.15) is 37.3 Å². The lowest BCUT2D eigenvalue weighted by Gasteiger charge is -2.35. The summed E-state index contributed by atoms with van der Waals surface area (Å²) in [7, 11) is 0. The molecule has 1 saturated carbocycles. The van der Waals surface area contributed by atoms with Crippen molar-refractivity contribution in [3.8, 4) is 11.8 Å². The van der Waals surface area contributed by atoms with Crippen LogP contribution in [0.25, 0.3) is 0 Å². The summed E-state index contributed by atoms with van der Waals surface area (Å²) >= 11 is 0. The minimum absolute atomic E-state index is 0.194. The molecule has 1 atom stereocenters. The number of rotatable bonds is 1. The molecule has 0 aromatic heterocycles. The van der Waals surface area contributed by atoms with Gasteiger partial charge in [0, 0.05) is 6.42 Å². The minimum atomic E-state index is -0.194. The Hall–Kier alpha value is -1.49. The molecule has 16 heavy (non-hydrogen) atoms. The van der Waals surface area contributed by atoms with Gasteiger partial charge in [-0.05, 0) is 43.4 Å². The third-order valence-corrected chi connectivity index (χ3v) is 3.87. The smallest absolute Gasteiger partial charge is 0.123 e. The van der Waals surface area contributed by atoms with Gasteiger partial charge in [0.15, 0.2) is 0 Å². The predicted molar refractivity (Wildman–Crippen MR) is 61.4 cm³/mol. The maximum atomic E-state index is 9.31. The Labute approximate surface area is 95.8 Å². The second-order valence-electron chi connectivity index (χ2n) is 5.00. The first-order valence-corrected chi connectivity index (χ1v) is 5.95. The summed E-state index contributed by atoms with van der Waals surface area (Å²) in [6.45, 7) is 2.09. The molecule has 1 fully saturated rings. The molecule has 0 bridgehead atoms. The molecule has 1 aliphatic carbocycles. The van der Waals surface area contributed by atoms with Crippen LogP contribution in [0, 0.1) is 11.3 Å². The third kappa shape index (κ3) is 1.24. The average molecular weight is 213 g/mol. The Morgan fingerprint density at radius 2 is 2.25 bits per heavy atom. The van der Waals surface area contributed by atoms with Crippen molar-refractivity contribution in [2.24, 2.45) is 0 Å². The lowest BCUT2D eigenvalue weighted by molar-refractivity contribution is 0.254. The van der Waals surface area contributed by atoms with E-state index in [1.165, 1.54) is 17.5 Å². The van der Waals surface area contributed by atoms with Crippen molar-refractivity contribution in [2.45, 2.75) is 44.1 Å². The molecule has 2 nitrogen and oxygen atoms in total. The molecule has 2 aliphatic rings. The van der Waals surface area contributed by atoms with E-state index in [9.17, 15) is 5.26 Å². The molecule has 0 saturated heterocycles. The van der Waals surface area contributed by atoms with Crippen molar-refractivity contribution in [3.63, 3.8) is 0 Å². The van der Waals surface area contributed by atoms with E-state index in [0.717, 1.165) is 25.0 Å². The number of hydrogen-bond donors (Lipinski definition) is 0. The summed E-state index contributed by atoms with van der Waals surface area (Å²) < 4.78 is 5.68. The van der Waals surface area contributed by atoms with Crippen molar-refractivity contribution in [1.29, 1.82) is 5.26 Å². The molecular formula is C14H15NO. The monoisotopic (exact) mass is 213 g/mol. The maximum Gasteiger partial charge on any atom is 0.123 e. The van der Waals surface area contributed by atoms with Gasteiger partial charge >= 0.3 is 0 Å². The summed E-state index contributed by atoms with van der Waals surface area (Å²) in [6, 6.07) is 8.78. The lowest BCUT2D eigenvalue weighted by atomic mass is 9.65. The first-order valence-electron chi connectivity index (χ1n) is 5.95. The topological polar surface area (TPSA) is 33.0 Å². The molecule has 1 aromatic carbocycles. The van der Waals surface area contributed by atoms with Gasteiger partial charge in [-0.2, -0.15) is 5.26 Å². The van der Waals surface area contributed by atoms with Gasteiger partial charge in [-0.3, -0.25) is 0 Å². The summed E-state index contributed by atoms with van der Waals surface area (Å²) in [6.07, 6.45) is 4.46. The van der Waals surface area contributed by atoms with Crippen LogP contribution in [-0.4, -0.2) is 6.10 Å². The number of ether oxygens (including phenoxy) is 1. The molecule has 2 heteroatoms.